The van der Waals surface area contributed by atoms with Crippen LogP contribution in [0.3, 0.4) is 0 Å². The van der Waals surface area contributed by atoms with Gasteiger partial charge >= 0.3 is 6.18 Å². The van der Waals surface area contributed by atoms with E-state index in [9.17, 15) is 21.6 Å². The molecule has 4 rings (SSSR count). The van der Waals surface area contributed by atoms with Gasteiger partial charge in [0.25, 0.3) is 10.0 Å². The number of nitrogens with one attached hydrogen (secondary N) is 1. The SMILES string of the molecule is Nc1nc(-c2ccc(Cl)cc2)c(N=Nc2cccc(S(=O)(=O)Nc3cccc(C(F)(F)F)c3)c2)s1. The Labute approximate surface area is 207 Å². The Morgan fingerprint density at radius 1 is 0.971 bits per heavy atom. The summed E-state index contributed by atoms with van der Waals surface area (Å²) < 4.78 is 66.5. The van der Waals surface area contributed by atoms with Gasteiger partial charge in [0, 0.05) is 16.3 Å². The van der Waals surface area contributed by atoms with Crippen molar-refractivity contribution in [2.75, 3.05) is 10.5 Å². The molecule has 3 N–H and O–H groups in total. The molecular formula is C22H15ClF3N5O2S2. The Bertz CT molecular complexity index is 1500. The zero-order valence-corrected chi connectivity index (χ0v) is 19.9. The number of rotatable bonds is 6. The Hall–Kier alpha value is -3.48. The van der Waals surface area contributed by atoms with Gasteiger partial charge in [0.1, 0.15) is 5.69 Å². The first kappa shape index (κ1) is 24.6. The van der Waals surface area contributed by atoms with Gasteiger partial charge in [-0.05, 0) is 48.5 Å². The molecule has 0 aliphatic rings. The quantitative estimate of drug-likeness (QED) is 0.252. The summed E-state index contributed by atoms with van der Waals surface area (Å²) in [4.78, 5) is 4.06. The van der Waals surface area contributed by atoms with Gasteiger partial charge in [-0.15, -0.1) is 10.2 Å². The van der Waals surface area contributed by atoms with E-state index in [-0.39, 0.29) is 21.4 Å². The molecule has 0 saturated carbocycles. The van der Waals surface area contributed by atoms with Crippen molar-refractivity contribution in [1.82, 2.24) is 4.98 Å². The molecule has 0 fully saturated rings. The van der Waals surface area contributed by atoms with Crippen molar-refractivity contribution in [2.24, 2.45) is 10.2 Å². The van der Waals surface area contributed by atoms with Crippen molar-refractivity contribution in [3.05, 3.63) is 83.4 Å². The van der Waals surface area contributed by atoms with E-state index in [1.165, 1.54) is 30.3 Å². The molecule has 0 radical (unpaired) electrons. The van der Waals surface area contributed by atoms with E-state index in [0.29, 0.717) is 21.8 Å². The normalized spacial score (nSPS) is 12.2. The number of hydrogen-bond acceptors (Lipinski definition) is 7. The molecule has 0 amide bonds. The smallest absolute Gasteiger partial charge is 0.375 e. The lowest BCUT2D eigenvalue weighted by atomic mass is 10.2. The number of hydrogen-bond donors (Lipinski definition) is 2. The summed E-state index contributed by atoms with van der Waals surface area (Å²) in [6.07, 6.45) is -4.60. The molecule has 35 heavy (non-hydrogen) atoms. The van der Waals surface area contributed by atoms with Crippen LogP contribution in [0.4, 0.5) is 34.7 Å². The lowest BCUT2D eigenvalue weighted by molar-refractivity contribution is -0.137. The maximum absolute atomic E-state index is 12.9. The van der Waals surface area contributed by atoms with Gasteiger partial charge in [0.15, 0.2) is 10.1 Å². The molecule has 0 atom stereocenters. The van der Waals surface area contributed by atoms with Gasteiger partial charge in [-0.3, -0.25) is 4.72 Å². The Balaban J connectivity index is 1.59. The van der Waals surface area contributed by atoms with Crippen LogP contribution in [0.1, 0.15) is 5.56 Å². The molecule has 3 aromatic carbocycles. The molecule has 1 heterocycles. The number of nitrogens with two attached hydrogens (primary N) is 1. The van der Waals surface area contributed by atoms with E-state index in [2.05, 4.69) is 19.9 Å². The fourth-order valence-corrected chi connectivity index (χ4v) is 4.87. The van der Waals surface area contributed by atoms with E-state index in [0.717, 1.165) is 29.0 Å². The fourth-order valence-electron chi connectivity index (χ4n) is 2.98. The van der Waals surface area contributed by atoms with Crippen LogP contribution >= 0.6 is 22.9 Å². The second-order valence-electron chi connectivity index (χ2n) is 7.09. The number of nitrogen functional groups attached to an aromatic ring is 1. The summed E-state index contributed by atoms with van der Waals surface area (Å²) in [5.41, 5.74) is 6.04. The van der Waals surface area contributed by atoms with Gasteiger partial charge < -0.3 is 5.73 Å². The summed E-state index contributed by atoms with van der Waals surface area (Å²) in [7, 11) is -4.19. The molecule has 0 bridgehead atoms. The Morgan fingerprint density at radius 2 is 1.69 bits per heavy atom. The zero-order chi connectivity index (χ0) is 25.2. The average Bonchev–Trinajstić information content (AvgIpc) is 3.18. The number of nitrogens with zero attached hydrogens (tertiary/aromatic N) is 3. The predicted molar refractivity (Wildman–Crippen MR) is 130 cm³/mol. The van der Waals surface area contributed by atoms with Crippen molar-refractivity contribution in [3.8, 4) is 11.3 Å². The van der Waals surface area contributed by atoms with Crippen molar-refractivity contribution in [3.63, 3.8) is 0 Å². The Kier molecular flexibility index (Phi) is 6.79. The van der Waals surface area contributed by atoms with Gasteiger partial charge in [-0.1, -0.05) is 47.2 Å². The number of thiazole rings is 1. The summed E-state index contributed by atoms with van der Waals surface area (Å²) in [6.45, 7) is 0. The van der Waals surface area contributed by atoms with Crippen LogP contribution in [0.2, 0.25) is 5.02 Å². The van der Waals surface area contributed by atoms with Crippen LogP contribution in [0.15, 0.2) is 87.9 Å². The molecule has 1 aromatic heterocycles. The largest absolute Gasteiger partial charge is 0.416 e. The Morgan fingerprint density at radius 3 is 2.40 bits per heavy atom. The summed E-state index contributed by atoms with van der Waals surface area (Å²) in [6, 6.07) is 16.3. The summed E-state index contributed by atoms with van der Waals surface area (Å²) in [5.74, 6) is 0. The van der Waals surface area contributed by atoms with E-state index in [1.54, 1.807) is 24.3 Å². The van der Waals surface area contributed by atoms with Gasteiger partial charge in [-0.25, -0.2) is 13.4 Å². The first-order valence-corrected chi connectivity index (χ1v) is 12.4. The van der Waals surface area contributed by atoms with Crippen LogP contribution in [0.25, 0.3) is 11.3 Å². The number of sulfonamides is 1. The van der Waals surface area contributed by atoms with Crippen LogP contribution in [-0.2, 0) is 16.2 Å². The number of anilines is 2. The minimum Gasteiger partial charge on any atom is -0.375 e. The molecule has 0 aliphatic heterocycles. The molecular weight excluding hydrogens is 523 g/mol. The first-order chi connectivity index (χ1) is 16.5. The van der Waals surface area contributed by atoms with E-state index in [4.69, 9.17) is 17.3 Å². The first-order valence-electron chi connectivity index (χ1n) is 9.75. The molecule has 0 saturated heterocycles. The number of alkyl halides is 3. The number of benzene rings is 3. The number of aromatic nitrogens is 1. The van der Waals surface area contributed by atoms with Gasteiger partial charge in [0.05, 0.1) is 16.1 Å². The standard InChI is InChI=1S/C22H15ClF3N5O2S2/c23-15-9-7-13(8-10-15)19-20(34-21(27)28-19)30-29-16-4-2-6-18(12-16)35(32,33)31-17-5-1-3-14(11-17)22(24,25)26/h1-12,31H,(H2,27,28). The third kappa shape index (κ3) is 5.96. The summed E-state index contributed by atoms with van der Waals surface area (Å²) in [5, 5.41) is 9.49. The maximum Gasteiger partial charge on any atom is 0.416 e. The molecule has 180 valence electrons. The average molecular weight is 538 g/mol. The maximum atomic E-state index is 12.9. The van der Waals surface area contributed by atoms with Crippen molar-refractivity contribution < 1.29 is 21.6 Å². The monoisotopic (exact) mass is 537 g/mol. The van der Waals surface area contributed by atoms with Crippen LogP contribution in [-0.4, -0.2) is 13.4 Å². The molecule has 4 aromatic rings. The number of halogens is 4. The van der Waals surface area contributed by atoms with Crippen LogP contribution in [0.5, 0.6) is 0 Å². The van der Waals surface area contributed by atoms with Crippen LogP contribution in [0, 0.1) is 0 Å². The van der Waals surface area contributed by atoms with Gasteiger partial charge in [0.2, 0.25) is 0 Å². The van der Waals surface area contributed by atoms with Crippen molar-refractivity contribution in [2.45, 2.75) is 11.1 Å². The minimum absolute atomic E-state index is 0.200. The number of azo groups is 1. The molecule has 13 heteroatoms. The lowest BCUT2D eigenvalue weighted by Crippen LogP contribution is -2.14. The molecule has 7 nitrogen and oxygen atoms in total. The zero-order valence-electron chi connectivity index (χ0n) is 17.5. The second-order valence-corrected chi connectivity index (χ2v) is 10.2. The highest BCUT2D eigenvalue weighted by atomic mass is 35.5. The highest BCUT2D eigenvalue weighted by molar-refractivity contribution is 7.92. The van der Waals surface area contributed by atoms with E-state index >= 15 is 0 Å². The molecule has 0 aliphatic carbocycles. The van der Waals surface area contributed by atoms with E-state index < -0.39 is 21.8 Å². The summed E-state index contributed by atoms with van der Waals surface area (Å²) >= 11 is 7.03. The lowest BCUT2D eigenvalue weighted by Gasteiger charge is -2.11. The third-order valence-corrected chi connectivity index (χ3v) is 6.97. The van der Waals surface area contributed by atoms with Crippen LogP contribution < -0.4 is 10.5 Å². The predicted octanol–water partition coefficient (Wildman–Crippen LogP) is 7.28. The van der Waals surface area contributed by atoms with Crippen molar-refractivity contribution >= 4 is 54.5 Å². The minimum atomic E-state index is -4.60. The highest BCUT2D eigenvalue weighted by Gasteiger charge is 2.30. The highest BCUT2D eigenvalue weighted by Crippen LogP contribution is 2.38. The molecule has 0 spiro atoms. The van der Waals surface area contributed by atoms with Gasteiger partial charge in [-0.2, -0.15) is 13.2 Å². The second kappa shape index (κ2) is 9.64. The van der Waals surface area contributed by atoms with Crippen molar-refractivity contribution in [1.29, 1.82) is 0 Å². The van der Waals surface area contributed by atoms with E-state index in [1.807, 2.05) is 0 Å². The fraction of sp³-hybridized carbons (Fsp3) is 0.0455. The molecule has 0 unspecified atom stereocenters. The third-order valence-electron chi connectivity index (χ3n) is 4.57. The topological polar surface area (TPSA) is 110 Å².